The molecule has 0 aliphatic carbocycles. The molecule has 1 nitrogen and oxygen atoms in total. The van der Waals surface area contributed by atoms with Gasteiger partial charge in [-0.3, -0.25) is 0 Å². The van der Waals surface area contributed by atoms with Gasteiger partial charge in [-0.15, -0.1) is 0 Å². The molecule has 0 bridgehead atoms. The number of benzene rings is 2. The first-order chi connectivity index (χ1) is 10.6. The molecule has 0 radical (unpaired) electrons. The highest BCUT2D eigenvalue weighted by Crippen LogP contribution is 2.26. The Balaban J connectivity index is 1.66. The predicted octanol–water partition coefficient (Wildman–Crippen LogP) is 5.98. The molecule has 0 saturated heterocycles. The Kier molecular flexibility index (Phi) is 3.97. The molecule has 0 atom stereocenters. The number of fused-ring (bicyclic) bond motifs is 1. The van der Waals surface area contributed by atoms with Crippen LogP contribution in [0.3, 0.4) is 0 Å². The van der Waals surface area contributed by atoms with Crippen LogP contribution < -0.4 is 0 Å². The number of hydrogen-bond donors (Lipinski definition) is 1. The van der Waals surface area contributed by atoms with Crippen molar-refractivity contribution in [2.75, 3.05) is 0 Å². The predicted molar refractivity (Wildman–Crippen MR) is 96.8 cm³/mol. The highest BCUT2D eigenvalue weighted by atomic mass is 14.7. The molecule has 0 aliphatic heterocycles. The van der Waals surface area contributed by atoms with Crippen molar-refractivity contribution < 1.29 is 0 Å². The molecule has 1 N–H and O–H groups in total. The molecule has 3 aromatic rings. The van der Waals surface area contributed by atoms with Crippen molar-refractivity contribution in [1.82, 2.24) is 4.98 Å². The zero-order valence-corrected chi connectivity index (χ0v) is 13.0. The summed E-state index contributed by atoms with van der Waals surface area (Å²) in [6, 6.07) is 17.1. The molecule has 0 spiro atoms. The van der Waals surface area contributed by atoms with Gasteiger partial charge in [0.1, 0.15) is 0 Å². The normalized spacial score (nSPS) is 10.8. The third kappa shape index (κ3) is 3.04. The average molecular weight is 287 g/mol. The molecule has 1 heterocycles. The van der Waals surface area contributed by atoms with Crippen molar-refractivity contribution in [3.8, 4) is 0 Å². The minimum absolute atomic E-state index is 0.933. The Morgan fingerprint density at radius 2 is 1.50 bits per heavy atom. The lowest BCUT2D eigenvalue weighted by Crippen LogP contribution is -1.87. The van der Waals surface area contributed by atoms with Gasteiger partial charge in [0.2, 0.25) is 0 Å². The van der Waals surface area contributed by atoms with Crippen LogP contribution in [-0.4, -0.2) is 4.98 Å². The molecular weight excluding hydrogens is 266 g/mol. The summed E-state index contributed by atoms with van der Waals surface area (Å²) in [5.74, 6) is 0. The van der Waals surface area contributed by atoms with Crippen molar-refractivity contribution in [1.29, 1.82) is 0 Å². The Morgan fingerprint density at radius 3 is 2.23 bits per heavy atom. The first kappa shape index (κ1) is 14.4. The highest BCUT2D eigenvalue weighted by molar-refractivity contribution is 5.83. The summed E-state index contributed by atoms with van der Waals surface area (Å²) in [5, 5.41) is 1.23. The van der Waals surface area contributed by atoms with Crippen molar-refractivity contribution in [3.05, 3.63) is 84.6 Å². The van der Waals surface area contributed by atoms with Gasteiger partial charge in [-0.2, -0.15) is 0 Å². The maximum atomic E-state index is 4.24. The van der Waals surface area contributed by atoms with Crippen LogP contribution in [0.2, 0.25) is 0 Å². The second-order valence-corrected chi connectivity index (χ2v) is 5.85. The Bertz CT molecular complexity index is 818. The summed E-state index contributed by atoms with van der Waals surface area (Å²) in [6.07, 6.45) is 3.84. The van der Waals surface area contributed by atoms with Crippen LogP contribution >= 0.6 is 0 Å². The monoisotopic (exact) mass is 287 g/mol. The molecule has 0 amide bonds. The Hall–Kier alpha value is -2.54. The molecule has 3 rings (SSSR count). The van der Waals surface area contributed by atoms with Crippen LogP contribution in [0.5, 0.6) is 0 Å². The van der Waals surface area contributed by atoms with Crippen LogP contribution in [0.4, 0.5) is 0 Å². The van der Waals surface area contributed by atoms with E-state index in [1.807, 2.05) is 6.20 Å². The van der Waals surface area contributed by atoms with E-state index in [1.54, 1.807) is 0 Å². The third-order valence-corrected chi connectivity index (χ3v) is 4.15. The Labute approximate surface area is 132 Å². The van der Waals surface area contributed by atoms with Gasteiger partial charge in [0.15, 0.2) is 0 Å². The maximum Gasteiger partial charge on any atom is 0.0454 e. The van der Waals surface area contributed by atoms with Crippen molar-refractivity contribution in [3.63, 3.8) is 0 Å². The lowest BCUT2D eigenvalue weighted by atomic mass is 9.96. The molecule has 0 saturated carbocycles. The van der Waals surface area contributed by atoms with Crippen LogP contribution in [-0.2, 0) is 0 Å². The summed E-state index contributed by atoms with van der Waals surface area (Å²) in [7, 11) is 0. The molecule has 0 aliphatic rings. The minimum atomic E-state index is 0.933. The number of aromatic nitrogens is 1. The van der Waals surface area contributed by atoms with Crippen LogP contribution in [0.15, 0.2) is 67.9 Å². The molecule has 1 heteroatoms. The van der Waals surface area contributed by atoms with E-state index in [9.17, 15) is 0 Å². The number of hydrogen-bond acceptors (Lipinski definition) is 0. The quantitative estimate of drug-likeness (QED) is 0.594. The molecule has 0 fully saturated rings. The standard InChI is InChI=1S/C21H21N/c1-15-4-8-18(9-5-15)16(2)6-7-17(3)19-10-11-21-20(14-19)12-13-22-21/h4-5,8-14,22H,2-3,6-7H2,1H3. The second kappa shape index (κ2) is 6.07. The SMILES string of the molecule is C=C(CCC(=C)c1ccc2[nH]ccc2c1)c1ccc(C)cc1. The number of aromatic amines is 1. The molecule has 1 aromatic heterocycles. The number of rotatable bonds is 5. The van der Waals surface area contributed by atoms with Crippen LogP contribution in [0, 0.1) is 6.92 Å². The molecule has 2 aromatic carbocycles. The number of aryl methyl sites for hydroxylation is 1. The van der Waals surface area contributed by atoms with Crippen molar-refractivity contribution in [2.24, 2.45) is 0 Å². The molecule has 0 unspecified atom stereocenters. The van der Waals surface area contributed by atoms with Gasteiger partial charge in [-0.05, 0) is 65.6 Å². The lowest BCUT2D eigenvalue weighted by molar-refractivity contribution is 1.09. The zero-order valence-electron chi connectivity index (χ0n) is 13.0. The topological polar surface area (TPSA) is 15.8 Å². The van der Waals surface area contributed by atoms with Gasteiger partial charge in [-0.25, -0.2) is 0 Å². The number of nitrogens with one attached hydrogen (secondary N) is 1. The van der Waals surface area contributed by atoms with Gasteiger partial charge in [0.25, 0.3) is 0 Å². The fourth-order valence-corrected chi connectivity index (χ4v) is 2.65. The van der Waals surface area contributed by atoms with Gasteiger partial charge in [0, 0.05) is 11.7 Å². The Morgan fingerprint density at radius 1 is 0.864 bits per heavy atom. The van der Waals surface area contributed by atoms with Gasteiger partial charge < -0.3 is 4.98 Å². The third-order valence-electron chi connectivity index (χ3n) is 4.15. The van der Waals surface area contributed by atoms with E-state index in [2.05, 4.69) is 73.6 Å². The van der Waals surface area contributed by atoms with E-state index in [0.717, 1.165) is 18.4 Å². The fourth-order valence-electron chi connectivity index (χ4n) is 2.65. The van der Waals surface area contributed by atoms with Crippen LogP contribution in [0.25, 0.3) is 22.0 Å². The summed E-state index contributed by atoms with van der Waals surface area (Å²) in [4.78, 5) is 3.22. The fraction of sp³-hybridized carbons (Fsp3) is 0.143. The summed E-state index contributed by atoms with van der Waals surface area (Å²) in [6.45, 7) is 10.6. The van der Waals surface area contributed by atoms with E-state index in [4.69, 9.17) is 0 Å². The average Bonchev–Trinajstić information content (AvgIpc) is 3.00. The van der Waals surface area contributed by atoms with Gasteiger partial charge in [0.05, 0.1) is 0 Å². The van der Waals surface area contributed by atoms with Crippen molar-refractivity contribution >= 4 is 22.0 Å². The van der Waals surface area contributed by atoms with E-state index in [1.165, 1.54) is 33.2 Å². The van der Waals surface area contributed by atoms with E-state index in [0.29, 0.717) is 0 Å². The minimum Gasteiger partial charge on any atom is -0.361 e. The zero-order chi connectivity index (χ0) is 15.5. The van der Waals surface area contributed by atoms with Gasteiger partial charge in [-0.1, -0.05) is 49.1 Å². The molecular formula is C21H21N. The smallest absolute Gasteiger partial charge is 0.0454 e. The molecule has 22 heavy (non-hydrogen) atoms. The van der Waals surface area contributed by atoms with E-state index >= 15 is 0 Å². The summed E-state index contributed by atoms with van der Waals surface area (Å²) in [5.41, 5.74) is 7.21. The lowest BCUT2D eigenvalue weighted by Gasteiger charge is -2.09. The number of H-pyrrole nitrogens is 1. The van der Waals surface area contributed by atoms with E-state index in [-0.39, 0.29) is 0 Å². The maximum absolute atomic E-state index is 4.24. The van der Waals surface area contributed by atoms with Crippen LogP contribution in [0.1, 0.15) is 29.5 Å². The van der Waals surface area contributed by atoms with Crippen molar-refractivity contribution in [2.45, 2.75) is 19.8 Å². The highest BCUT2D eigenvalue weighted by Gasteiger charge is 2.04. The first-order valence-corrected chi connectivity index (χ1v) is 7.63. The van der Waals surface area contributed by atoms with Gasteiger partial charge >= 0.3 is 0 Å². The molecule has 110 valence electrons. The van der Waals surface area contributed by atoms with E-state index < -0.39 is 0 Å². The largest absolute Gasteiger partial charge is 0.361 e. The summed E-state index contributed by atoms with van der Waals surface area (Å²) < 4.78 is 0. The number of allylic oxidation sites excluding steroid dienone is 2. The second-order valence-electron chi connectivity index (χ2n) is 5.85. The first-order valence-electron chi connectivity index (χ1n) is 7.63. The summed E-state index contributed by atoms with van der Waals surface area (Å²) >= 11 is 0.